The number of carbonyl (C=O) groups excluding carboxylic acids is 1. The number of benzene rings is 2. The van der Waals surface area contributed by atoms with Gasteiger partial charge in [0.1, 0.15) is 11.6 Å². The summed E-state index contributed by atoms with van der Waals surface area (Å²) in [6.45, 7) is 5.25. The van der Waals surface area contributed by atoms with Crippen LogP contribution in [0.3, 0.4) is 0 Å². The number of amides is 1. The van der Waals surface area contributed by atoms with Crippen LogP contribution in [0.4, 0.5) is 5.82 Å². The van der Waals surface area contributed by atoms with Gasteiger partial charge in [-0.2, -0.15) is 5.10 Å². The molecule has 2 aromatic carbocycles. The fourth-order valence-corrected chi connectivity index (χ4v) is 3.34. The van der Waals surface area contributed by atoms with E-state index in [1.54, 1.807) is 37.2 Å². The number of aromatic nitrogens is 2. The quantitative estimate of drug-likeness (QED) is 0.424. The van der Waals surface area contributed by atoms with Crippen molar-refractivity contribution < 1.29 is 19.0 Å². The maximum Gasteiger partial charge on any atom is 0.256 e. The molecule has 1 N–H and O–H groups in total. The highest BCUT2D eigenvalue weighted by atomic mass is 16.5. The highest BCUT2D eigenvalue weighted by Crippen LogP contribution is 2.28. The maximum absolute atomic E-state index is 12.8. The standard InChI is InChI=1S/C25H31N3O4/c1-5-6-7-14-32-21-11-9-20(10-12-21)25(29)27-24-18(2)16-26-28(24)17-19-8-13-22(30-3)23(15-19)31-4/h8-13,15-16H,5-7,14,17H2,1-4H3,(H,27,29). The molecule has 0 saturated heterocycles. The van der Waals surface area contributed by atoms with Crippen LogP contribution in [0, 0.1) is 6.92 Å². The number of carbonyl (C=O) groups is 1. The molecule has 0 radical (unpaired) electrons. The van der Waals surface area contributed by atoms with E-state index in [1.165, 1.54) is 0 Å². The van der Waals surface area contributed by atoms with E-state index in [1.807, 2.05) is 37.3 Å². The average molecular weight is 438 g/mol. The average Bonchev–Trinajstić information content (AvgIpc) is 3.15. The molecule has 0 aliphatic heterocycles. The van der Waals surface area contributed by atoms with Gasteiger partial charge in [0, 0.05) is 11.1 Å². The lowest BCUT2D eigenvalue weighted by Gasteiger charge is -2.13. The molecule has 0 bridgehead atoms. The molecule has 0 saturated carbocycles. The van der Waals surface area contributed by atoms with Crippen molar-refractivity contribution in [1.29, 1.82) is 0 Å². The van der Waals surface area contributed by atoms with Crippen LogP contribution in [0.2, 0.25) is 0 Å². The van der Waals surface area contributed by atoms with Gasteiger partial charge in [-0.25, -0.2) is 4.68 Å². The van der Waals surface area contributed by atoms with Crippen LogP contribution in [0.5, 0.6) is 17.2 Å². The van der Waals surface area contributed by atoms with Gasteiger partial charge in [0.25, 0.3) is 5.91 Å². The Kier molecular flexibility index (Phi) is 8.14. The van der Waals surface area contributed by atoms with Crippen LogP contribution >= 0.6 is 0 Å². The summed E-state index contributed by atoms with van der Waals surface area (Å²) in [6.07, 6.45) is 5.08. The molecular weight excluding hydrogens is 406 g/mol. The highest BCUT2D eigenvalue weighted by Gasteiger charge is 2.14. The molecule has 170 valence electrons. The summed E-state index contributed by atoms with van der Waals surface area (Å²) in [5.41, 5.74) is 2.42. The van der Waals surface area contributed by atoms with Gasteiger partial charge in [-0.1, -0.05) is 25.8 Å². The molecule has 0 aliphatic carbocycles. The lowest BCUT2D eigenvalue weighted by atomic mass is 10.2. The van der Waals surface area contributed by atoms with Gasteiger partial charge in [0.05, 0.1) is 33.6 Å². The number of aryl methyl sites for hydroxylation is 1. The molecule has 32 heavy (non-hydrogen) atoms. The summed E-state index contributed by atoms with van der Waals surface area (Å²) in [6, 6.07) is 12.9. The second-order valence-corrected chi connectivity index (χ2v) is 7.56. The Bertz CT molecular complexity index is 1030. The number of nitrogens with one attached hydrogen (secondary N) is 1. The van der Waals surface area contributed by atoms with Crippen molar-refractivity contribution in [3.63, 3.8) is 0 Å². The first-order chi connectivity index (χ1) is 15.5. The fraction of sp³-hybridized carbons (Fsp3) is 0.360. The van der Waals surface area contributed by atoms with Crippen LogP contribution < -0.4 is 19.5 Å². The minimum atomic E-state index is -0.195. The zero-order chi connectivity index (χ0) is 22.9. The van der Waals surface area contributed by atoms with Crippen LogP contribution in [0.25, 0.3) is 0 Å². The van der Waals surface area contributed by atoms with Gasteiger partial charge >= 0.3 is 0 Å². The van der Waals surface area contributed by atoms with Gasteiger partial charge in [0.2, 0.25) is 0 Å². The normalized spacial score (nSPS) is 10.6. The van der Waals surface area contributed by atoms with E-state index in [9.17, 15) is 4.79 Å². The first kappa shape index (κ1) is 23.2. The van der Waals surface area contributed by atoms with Crippen molar-refractivity contribution in [3.8, 4) is 17.2 Å². The lowest BCUT2D eigenvalue weighted by molar-refractivity contribution is 0.102. The lowest BCUT2D eigenvalue weighted by Crippen LogP contribution is -2.17. The zero-order valence-corrected chi connectivity index (χ0v) is 19.2. The predicted octanol–water partition coefficient (Wildman–Crippen LogP) is 5.08. The van der Waals surface area contributed by atoms with Crippen molar-refractivity contribution in [2.24, 2.45) is 0 Å². The Hall–Kier alpha value is -3.48. The third kappa shape index (κ3) is 5.81. The monoisotopic (exact) mass is 437 g/mol. The molecule has 7 heteroatoms. The van der Waals surface area contributed by atoms with Gasteiger partial charge < -0.3 is 19.5 Å². The predicted molar refractivity (Wildman–Crippen MR) is 125 cm³/mol. The number of hydrogen-bond donors (Lipinski definition) is 1. The molecule has 3 aromatic rings. The second kappa shape index (κ2) is 11.2. The molecule has 0 unspecified atom stereocenters. The van der Waals surface area contributed by atoms with Gasteiger partial charge in [0.15, 0.2) is 11.5 Å². The highest BCUT2D eigenvalue weighted by molar-refractivity contribution is 6.04. The summed E-state index contributed by atoms with van der Waals surface area (Å²) in [5, 5.41) is 7.42. The summed E-state index contributed by atoms with van der Waals surface area (Å²) < 4.78 is 18.2. The number of ether oxygens (including phenoxy) is 3. The zero-order valence-electron chi connectivity index (χ0n) is 19.2. The largest absolute Gasteiger partial charge is 0.494 e. The van der Waals surface area contributed by atoms with Crippen molar-refractivity contribution >= 4 is 11.7 Å². The molecule has 3 rings (SSSR count). The number of methoxy groups -OCH3 is 2. The van der Waals surface area contributed by atoms with Crippen LogP contribution in [-0.4, -0.2) is 36.5 Å². The van der Waals surface area contributed by atoms with E-state index in [2.05, 4.69) is 17.3 Å². The molecule has 1 aromatic heterocycles. The number of anilines is 1. The van der Waals surface area contributed by atoms with E-state index in [0.717, 1.165) is 36.1 Å². The first-order valence-corrected chi connectivity index (χ1v) is 10.8. The Balaban J connectivity index is 1.68. The Labute approximate surface area is 189 Å². The van der Waals surface area contributed by atoms with Gasteiger partial charge in [-0.3, -0.25) is 4.79 Å². The van der Waals surface area contributed by atoms with Gasteiger partial charge in [-0.15, -0.1) is 0 Å². The van der Waals surface area contributed by atoms with E-state index >= 15 is 0 Å². The third-order valence-corrected chi connectivity index (χ3v) is 5.17. The fourth-order valence-electron chi connectivity index (χ4n) is 3.34. The van der Waals surface area contributed by atoms with Gasteiger partial charge in [-0.05, 0) is 55.3 Å². The van der Waals surface area contributed by atoms with Crippen molar-refractivity contribution in [3.05, 3.63) is 65.4 Å². The van der Waals surface area contributed by atoms with Crippen molar-refractivity contribution in [2.75, 3.05) is 26.1 Å². The van der Waals surface area contributed by atoms with Crippen LogP contribution in [-0.2, 0) is 6.54 Å². The van der Waals surface area contributed by atoms with Crippen molar-refractivity contribution in [2.45, 2.75) is 39.7 Å². The summed E-state index contributed by atoms with van der Waals surface area (Å²) >= 11 is 0. The first-order valence-electron chi connectivity index (χ1n) is 10.8. The summed E-state index contributed by atoms with van der Waals surface area (Å²) in [5.74, 6) is 2.55. The van der Waals surface area contributed by atoms with E-state index < -0.39 is 0 Å². The number of hydrogen-bond acceptors (Lipinski definition) is 5. The second-order valence-electron chi connectivity index (χ2n) is 7.56. The van der Waals surface area contributed by atoms with Crippen LogP contribution in [0.15, 0.2) is 48.7 Å². The molecule has 0 atom stereocenters. The smallest absolute Gasteiger partial charge is 0.256 e. The molecule has 0 aliphatic rings. The Morgan fingerprint density at radius 2 is 1.78 bits per heavy atom. The number of unbranched alkanes of at least 4 members (excludes halogenated alkanes) is 2. The Morgan fingerprint density at radius 3 is 2.47 bits per heavy atom. The minimum absolute atomic E-state index is 0.195. The summed E-state index contributed by atoms with van der Waals surface area (Å²) in [7, 11) is 3.21. The van der Waals surface area contributed by atoms with E-state index in [0.29, 0.717) is 36.0 Å². The topological polar surface area (TPSA) is 74.6 Å². The minimum Gasteiger partial charge on any atom is -0.494 e. The molecule has 0 spiro atoms. The number of nitrogens with zero attached hydrogens (tertiary/aromatic N) is 2. The van der Waals surface area contributed by atoms with E-state index in [4.69, 9.17) is 14.2 Å². The molecule has 1 heterocycles. The maximum atomic E-state index is 12.8. The summed E-state index contributed by atoms with van der Waals surface area (Å²) in [4.78, 5) is 12.8. The number of rotatable bonds is 11. The van der Waals surface area contributed by atoms with Crippen LogP contribution in [0.1, 0.15) is 47.7 Å². The van der Waals surface area contributed by atoms with E-state index in [-0.39, 0.29) is 5.91 Å². The van der Waals surface area contributed by atoms with Crippen molar-refractivity contribution in [1.82, 2.24) is 9.78 Å². The molecule has 7 nitrogen and oxygen atoms in total. The molecular formula is C25H31N3O4. The molecule has 1 amide bonds. The Morgan fingerprint density at radius 1 is 1.03 bits per heavy atom. The molecule has 0 fully saturated rings. The third-order valence-electron chi connectivity index (χ3n) is 5.17. The SMILES string of the molecule is CCCCCOc1ccc(C(=O)Nc2c(C)cnn2Cc2ccc(OC)c(OC)c2)cc1.